The molecule has 0 aliphatic carbocycles. The van der Waals surface area contributed by atoms with Crippen LogP contribution in [0.1, 0.15) is 20.8 Å². The van der Waals surface area contributed by atoms with Crippen LogP contribution in [0.3, 0.4) is 0 Å². The maximum atomic E-state index is 12.9. The van der Waals surface area contributed by atoms with Crippen LogP contribution in [0, 0.1) is 0 Å². The molecule has 0 aliphatic rings. The molecule has 37 heavy (non-hydrogen) atoms. The van der Waals surface area contributed by atoms with Crippen LogP contribution in [0.4, 0.5) is 17.3 Å². The Hall–Kier alpha value is -3.80. The summed E-state index contributed by atoms with van der Waals surface area (Å²) < 4.78 is 30.1. The highest BCUT2D eigenvalue weighted by molar-refractivity contribution is 7.89. The molecule has 4 rings (SSSR count). The van der Waals surface area contributed by atoms with Crippen LogP contribution >= 0.6 is 0 Å². The molecule has 0 saturated heterocycles. The molecule has 0 radical (unpaired) electrons. The summed E-state index contributed by atoms with van der Waals surface area (Å²) in [6, 6.07) is 17.8. The summed E-state index contributed by atoms with van der Waals surface area (Å²) in [5.74, 6) is 0.235. The first-order valence-electron chi connectivity index (χ1n) is 11.7. The van der Waals surface area contributed by atoms with Crippen LogP contribution in [0.15, 0.2) is 71.8 Å². The molecule has 0 bridgehead atoms. The largest absolute Gasteiger partial charge is 0.325 e. The van der Waals surface area contributed by atoms with Gasteiger partial charge in [-0.1, -0.05) is 18.2 Å². The van der Waals surface area contributed by atoms with Crippen molar-refractivity contribution in [3.63, 3.8) is 0 Å². The average molecular weight is 522 g/mol. The maximum absolute atomic E-state index is 12.9. The van der Waals surface area contributed by atoms with Gasteiger partial charge in [0.25, 0.3) is 0 Å². The van der Waals surface area contributed by atoms with Crippen molar-refractivity contribution in [1.82, 2.24) is 24.2 Å². The van der Waals surface area contributed by atoms with Crippen molar-refractivity contribution in [3.8, 4) is 11.3 Å². The molecule has 0 spiro atoms. The number of benzene rings is 2. The molecule has 0 aliphatic heterocycles. The summed E-state index contributed by atoms with van der Waals surface area (Å²) >= 11 is 0. The second-order valence-corrected chi connectivity index (χ2v) is 11.7. The molecule has 2 aromatic heterocycles. The predicted octanol–water partition coefficient (Wildman–Crippen LogP) is 3.72. The van der Waals surface area contributed by atoms with Crippen LogP contribution in [-0.4, -0.2) is 60.0 Å². The van der Waals surface area contributed by atoms with Crippen molar-refractivity contribution in [2.75, 3.05) is 31.3 Å². The number of rotatable bonds is 8. The smallest absolute Gasteiger partial charge is 0.245 e. The molecule has 1 amide bonds. The van der Waals surface area contributed by atoms with E-state index in [-0.39, 0.29) is 17.3 Å². The Morgan fingerprint density at radius 2 is 1.73 bits per heavy atom. The lowest BCUT2D eigenvalue weighted by Crippen LogP contribution is -2.40. The molecular formula is C26H31N7O3S. The molecule has 10 nitrogen and oxygen atoms in total. The molecule has 4 aromatic rings. The molecule has 0 fully saturated rings. The third-order valence-electron chi connectivity index (χ3n) is 5.14. The second kappa shape index (κ2) is 10.3. The first kappa shape index (κ1) is 26.3. The number of fused-ring (bicyclic) bond motifs is 1. The number of hydrogen-bond donors (Lipinski definition) is 3. The number of amides is 1. The Kier molecular flexibility index (Phi) is 7.30. The lowest BCUT2D eigenvalue weighted by Gasteiger charge is -2.20. The van der Waals surface area contributed by atoms with E-state index in [1.165, 1.54) is 0 Å². The van der Waals surface area contributed by atoms with Gasteiger partial charge in [-0.15, -0.1) is 5.10 Å². The molecule has 0 unspecified atom stereocenters. The van der Waals surface area contributed by atoms with Gasteiger partial charge >= 0.3 is 0 Å². The summed E-state index contributed by atoms with van der Waals surface area (Å²) in [7, 11) is -0.0266. The summed E-state index contributed by atoms with van der Waals surface area (Å²) in [6.45, 7) is 5.68. The minimum atomic E-state index is -3.69. The molecule has 0 saturated carbocycles. The molecule has 2 heterocycles. The van der Waals surface area contributed by atoms with Crippen molar-refractivity contribution >= 4 is 38.8 Å². The molecular weight excluding hydrogens is 490 g/mol. The van der Waals surface area contributed by atoms with Gasteiger partial charge in [-0.05, 0) is 77.3 Å². The normalized spacial score (nSPS) is 12.2. The number of aromatic nitrogens is 3. The number of nitrogens with zero attached hydrogens (tertiary/aromatic N) is 4. The monoisotopic (exact) mass is 521 g/mol. The van der Waals surface area contributed by atoms with Gasteiger partial charge in [0.2, 0.25) is 21.9 Å². The quantitative estimate of drug-likeness (QED) is 0.323. The Balaban J connectivity index is 1.61. The SMILES string of the molecule is CN(C)CC(=O)Nc1cccc(Nc2ncc3ccc(-c4cccc(S(=O)(=O)NC(C)(C)C)c4)n3n2)c1. The van der Waals surface area contributed by atoms with Crippen LogP contribution < -0.4 is 15.4 Å². The Morgan fingerprint density at radius 3 is 2.46 bits per heavy atom. The average Bonchev–Trinajstić information content (AvgIpc) is 3.20. The number of hydrogen-bond acceptors (Lipinski definition) is 7. The fourth-order valence-corrected chi connectivity index (χ4v) is 5.22. The van der Waals surface area contributed by atoms with Crippen molar-refractivity contribution in [1.29, 1.82) is 0 Å². The van der Waals surface area contributed by atoms with Gasteiger partial charge < -0.3 is 15.5 Å². The van der Waals surface area contributed by atoms with E-state index in [9.17, 15) is 13.2 Å². The van der Waals surface area contributed by atoms with E-state index in [1.54, 1.807) is 60.6 Å². The lowest BCUT2D eigenvalue weighted by molar-refractivity contribution is -0.116. The topological polar surface area (TPSA) is 121 Å². The van der Waals surface area contributed by atoms with E-state index in [1.807, 2.05) is 50.5 Å². The minimum Gasteiger partial charge on any atom is -0.325 e. The number of likely N-dealkylation sites (N-methyl/N-ethyl adjacent to an activating group) is 1. The van der Waals surface area contributed by atoms with E-state index in [2.05, 4.69) is 25.4 Å². The van der Waals surface area contributed by atoms with Gasteiger partial charge in [-0.3, -0.25) is 4.79 Å². The standard InChI is InChI=1S/C26H31N7O3S/c1-26(2,3)31-37(35,36)22-11-6-8-18(14-22)23-13-12-21-16-27-25(30-33(21)23)29-20-10-7-9-19(15-20)28-24(34)17-32(4)5/h6-16,31H,17H2,1-5H3,(H,28,34)(H,29,30). The highest BCUT2D eigenvalue weighted by Crippen LogP contribution is 2.26. The van der Waals surface area contributed by atoms with Gasteiger partial charge in [0, 0.05) is 22.5 Å². The minimum absolute atomic E-state index is 0.112. The summed E-state index contributed by atoms with van der Waals surface area (Å²) in [6.07, 6.45) is 1.68. The van der Waals surface area contributed by atoms with Gasteiger partial charge in [0.1, 0.15) is 0 Å². The molecule has 0 atom stereocenters. The number of sulfonamides is 1. The van der Waals surface area contributed by atoms with Gasteiger partial charge in [0.05, 0.1) is 28.8 Å². The Bertz CT molecular complexity index is 1540. The Labute approximate surface area is 216 Å². The summed E-state index contributed by atoms with van der Waals surface area (Å²) in [4.78, 5) is 18.5. The van der Waals surface area contributed by atoms with Crippen LogP contribution in [-0.2, 0) is 14.8 Å². The highest BCUT2D eigenvalue weighted by Gasteiger charge is 2.22. The molecule has 194 valence electrons. The van der Waals surface area contributed by atoms with Gasteiger partial charge in [-0.25, -0.2) is 22.6 Å². The fourth-order valence-electron chi connectivity index (χ4n) is 3.75. The van der Waals surface area contributed by atoms with Crippen molar-refractivity contribution in [2.24, 2.45) is 0 Å². The first-order chi connectivity index (χ1) is 17.4. The van der Waals surface area contributed by atoms with E-state index in [4.69, 9.17) is 0 Å². The number of carbonyl (C=O) groups excluding carboxylic acids is 1. The zero-order valence-electron chi connectivity index (χ0n) is 21.5. The van der Waals surface area contributed by atoms with Crippen LogP contribution in [0.2, 0.25) is 0 Å². The molecule has 3 N–H and O–H groups in total. The van der Waals surface area contributed by atoms with E-state index in [0.717, 1.165) is 11.2 Å². The zero-order valence-corrected chi connectivity index (χ0v) is 22.3. The Morgan fingerprint density at radius 1 is 1.00 bits per heavy atom. The van der Waals surface area contributed by atoms with Gasteiger partial charge in [0.15, 0.2) is 0 Å². The number of carbonyl (C=O) groups is 1. The number of nitrogens with one attached hydrogen (secondary N) is 3. The maximum Gasteiger partial charge on any atom is 0.245 e. The lowest BCUT2D eigenvalue weighted by atomic mass is 10.1. The third kappa shape index (κ3) is 6.70. The van der Waals surface area contributed by atoms with Crippen LogP contribution in [0.25, 0.3) is 16.8 Å². The first-order valence-corrected chi connectivity index (χ1v) is 13.2. The molecule has 11 heteroatoms. The van der Waals surface area contributed by atoms with Crippen molar-refractivity contribution < 1.29 is 13.2 Å². The third-order valence-corrected chi connectivity index (χ3v) is 6.90. The summed E-state index contributed by atoms with van der Waals surface area (Å²) in [5, 5.41) is 10.7. The highest BCUT2D eigenvalue weighted by atomic mass is 32.2. The molecule has 2 aromatic carbocycles. The van der Waals surface area contributed by atoms with Crippen molar-refractivity contribution in [2.45, 2.75) is 31.2 Å². The van der Waals surface area contributed by atoms with Crippen LogP contribution in [0.5, 0.6) is 0 Å². The van der Waals surface area contributed by atoms with Crippen molar-refractivity contribution in [3.05, 3.63) is 66.9 Å². The van der Waals surface area contributed by atoms with E-state index >= 15 is 0 Å². The van der Waals surface area contributed by atoms with E-state index in [0.29, 0.717) is 22.9 Å². The predicted molar refractivity (Wildman–Crippen MR) is 145 cm³/mol. The fraction of sp³-hybridized carbons (Fsp3) is 0.269. The summed E-state index contributed by atoms with van der Waals surface area (Å²) in [5.41, 5.74) is 2.94. The number of anilines is 3. The van der Waals surface area contributed by atoms with Gasteiger partial charge in [-0.2, -0.15) is 0 Å². The van der Waals surface area contributed by atoms with E-state index < -0.39 is 15.6 Å². The second-order valence-electron chi connectivity index (χ2n) is 10.0. The zero-order chi connectivity index (χ0) is 26.8.